The Bertz CT molecular complexity index is 926. The summed E-state index contributed by atoms with van der Waals surface area (Å²) < 4.78 is 44.0. The molecule has 1 unspecified atom stereocenters. The Labute approximate surface area is 186 Å². The van der Waals surface area contributed by atoms with Gasteiger partial charge in [-0.25, -0.2) is 4.98 Å². The Kier molecular flexibility index (Phi) is 6.28. The summed E-state index contributed by atoms with van der Waals surface area (Å²) in [5, 5.41) is 3.98. The largest absolute Gasteiger partial charge is 0.435 e. The van der Waals surface area contributed by atoms with Gasteiger partial charge in [-0.1, -0.05) is 31.0 Å². The molecule has 8 heteroatoms. The van der Waals surface area contributed by atoms with E-state index in [9.17, 15) is 13.2 Å². The molecule has 1 saturated carbocycles. The fraction of sp³-hybridized carbons (Fsp3) is 0.609. The third-order valence-electron chi connectivity index (χ3n) is 6.59. The zero-order valence-corrected chi connectivity index (χ0v) is 19.1. The SMILES string of the molecule is CCNC(Cc1c(C(F)(F)F)nc2n1CCCN2c1c(C)cc(C)cc1Cl)C1CCC1. The highest BCUT2D eigenvalue weighted by Crippen LogP contribution is 2.42. The quantitative estimate of drug-likeness (QED) is 0.578. The highest BCUT2D eigenvalue weighted by Gasteiger charge is 2.42. The van der Waals surface area contributed by atoms with E-state index in [1.165, 1.54) is 0 Å². The normalized spacial score (nSPS) is 18.1. The van der Waals surface area contributed by atoms with Gasteiger partial charge in [0, 0.05) is 25.6 Å². The minimum absolute atomic E-state index is 0.0423. The number of aromatic nitrogens is 2. The van der Waals surface area contributed by atoms with Crippen LogP contribution in [0.3, 0.4) is 0 Å². The van der Waals surface area contributed by atoms with E-state index in [2.05, 4.69) is 10.3 Å². The number of likely N-dealkylation sites (N-methyl/N-ethyl adjacent to an activating group) is 1. The molecule has 0 bridgehead atoms. The van der Waals surface area contributed by atoms with Gasteiger partial charge >= 0.3 is 6.18 Å². The Hall–Kier alpha value is -1.73. The van der Waals surface area contributed by atoms with Crippen LogP contribution in [0.4, 0.5) is 24.8 Å². The van der Waals surface area contributed by atoms with E-state index in [4.69, 9.17) is 11.6 Å². The summed E-state index contributed by atoms with van der Waals surface area (Å²) in [6, 6.07) is 3.91. The third-order valence-corrected chi connectivity index (χ3v) is 6.88. The van der Waals surface area contributed by atoms with Crippen molar-refractivity contribution in [3.63, 3.8) is 0 Å². The predicted octanol–water partition coefficient (Wildman–Crippen LogP) is 6.03. The second-order valence-corrected chi connectivity index (χ2v) is 9.24. The minimum atomic E-state index is -4.49. The van der Waals surface area contributed by atoms with E-state index in [1.807, 2.05) is 37.8 Å². The molecule has 0 radical (unpaired) electrons. The number of fused-ring (bicyclic) bond motifs is 1. The van der Waals surface area contributed by atoms with Gasteiger partial charge in [-0.2, -0.15) is 13.2 Å². The van der Waals surface area contributed by atoms with Crippen molar-refractivity contribution in [2.24, 2.45) is 5.92 Å². The van der Waals surface area contributed by atoms with Crippen LogP contribution in [-0.2, 0) is 19.1 Å². The lowest BCUT2D eigenvalue weighted by Gasteiger charge is -2.35. The first-order valence-corrected chi connectivity index (χ1v) is 11.5. The first kappa shape index (κ1) is 22.5. The highest BCUT2D eigenvalue weighted by molar-refractivity contribution is 6.33. The average Bonchev–Trinajstić information content (AvgIpc) is 2.99. The smallest absolute Gasteiger partial charge is 0.314 e. The highest BCUT2D eigenvalue weighted by atomic mass is 35.5. The molecule has 1 aliphatic carbocycles. The minimum Gasteiger partial charge on any atom is -0.314 e. The molecule has 1 atom stereocenters. The van der Waals surface area contributed by atoms with Crippen molar-refractivity contribution in [2.45, 2.75) is 71.6 Å². The first-order valence-electron chi connectivity index (χ1n) is 11.1. The zero-order chi connectivity index (χ0) is 22.3. The van der Waals surface area contributed by atoms with Gasteiger partial charge in [-0.15, -0.1) is 0 Å². The number of rotatable bonds is 6. The lowest BCUT2D eigenvalue weighted by molar-refractivity contribution is -0.141. The van der Waals surface area contributed by atoms with Crippen molar-refractivity contribution in [1.29, 1.82) is 0 Å². The molecule has 2 aliphatic rings. The standard InChI is InChI=1S/C23H30ClF3N4/c1-4-28-18(16-7-5-8-16)13-19-21(23(25,26)27)29-22-30(19)9-6-10-31(22)20-15(3)11-14(2)12-17(20)24/h11-12,16,18,28H,4-10,13H2,1-3H3. The zero-order valence-electron chi connectivity index (χ0n) is 18.3. The molecule has 1 aromatic carbocycles. The molecule has 170 valence electrons. The van der Waals surface area contributed by atoms with Gasteiger partial charge in [0.15, 0.2) is 5.69 Å². The maximum Gasteiger partial charge on any atom is 0.435 e. The van der Waals surface area contributed by atoms with Crippen LogP contribution >= 0.6 is 11.6 Å². The molecule has 1 aromatic heterocycles. The number of nitrogens with one attached hydrogen (secondary N) is 1. The first-order chi connectivity index (χ1) is 14.7. The van der Waals surface area contributed by atoms with Crippen molar-refractivity contribution in [3.8, 4) is 0 Å². The molecule has 1 aliphatic heterocycles. The number of hydrogen-bond acceptors (Lipinski definition) is 3. The summed E-state index contributed by atoms with van der Waals surface area (Å²) in [6.07, 6.45) is -0.105. The lowest BCUT2D eigenvalue weighted by atomic mass is 9.78. The molecule has 1 fully saturated rings. The Balaban J connectivity index is 1.79. The number of hydrogen-bond donors (Lipinski definition) is 1. The van der Waals surface area contributed by atoms with Gasteiger partial charge in [-0.05, 0) is 62.8 Å². The van der Waals surface area contributed by atoms with Crippen LogP contribution in [0.25, 0.3) is 0 Å². The number of anilines is 2. The third kappa shape index (κ3) is 4.31. The van der Waals surface area contributed by atoms with E-state index in [0.29, 0.717) is 42.1 Å². The molecule has 4 nitrogen and oxygen atoms in total. The van der Waals surface area contributed by atoms with Gasteiger partial charge in [-0.3, -0.25) is 0 Å². The summed E-state index contributed by atoms with van der Waals surface area (Å²) in [5.41, 5.74) is 2.26. The lowest BCUT2D eigenvalue weighted by Crippen LogP contribution is -2.42. The molecule has 0 saturated heterocycles. The Morgan fingerprint density at radius 3 is 2.52 bits per heavy atom. The van der Waals surface area contributed by atoms with Crippen molar-refractivity contribution >= 4 is 23.2 Å². The van der Waals surface area contributed by atoms with Crippen molar-refractivity contribution in [1.82, 2.24) is 14.9 Å². The monoisotopic (exact) mass is 454 g/mol. The average molecular weight is 455 g/mol. The van der Waals surface area contributed by atoms with E-state index in [-0.39, 0.29) is 6.04 Å². The van der Waals surface area contributed by atoms with Gasteiger partial charge < -0.3 is 14.8 Å². The van der Waals surface area contributed by atoms with Crippen LogP contribution in [0.15, 0.2) is 12.1 Å². The molecular weight excluding hydrogens is 425 g/mol. The fourth-order valence-corrected chi connectivity index (χ4v) is 5.44. The fourth-order valence-electron chi connectivity index (χ4n) is 5.02. The summed E-state index contributed by atoms with van der Waals surface area (Å²) >= 11 is 6.55. The second kappa shape index (κ2) is 8.66. The van der Waals surface area contributed by atoms with E-state index in [0.717, 1.165) is 49.0 Å². The van der Waals surface area contributed by atoms with E-state index < -0.39 is 11.9 Å². The summed E-state index contributed by atoms with van der Waals surface area (Å²) in [5.74, 6) is 0.784. The second-order valence-electron chi connectivity index (χ2n) is 8.83. The Morgan fingerprint density at radius 1 is 1.19 bits per heavy atom. The maximum atomic E-state index is 14.1. The summed E-state index contributed by atoms with van der Waals surface area (Å²) in [6.45, 7) is 7.79. The van der Waals surface area contributed by atoms with E-state index in [1.54, 1.807) is 4.57 Å². The Morgan fingerprint density at radius 2 is 1.94 bits per heavy atom. The van der Waals surface area contributed by atoms with Gasteiger partial charge in [0.2, 0.25) is 5.95 Å². The topological polar surface area (TPSA) is 33.1 Å². The van der Waals surface area contributed by atoms with Crippen molar-refractivity contribution < 1.29 is 13.2 Å². The van der Waals surface area contributed by atoms with E-state index >= 15 is 0 Å². The predicted molar refractivity (Wildman–Crippen MR) is 118 cm³/mol. The van der Waals surface area contributed by atoms with Crippen LogP contribution in [0.2, 0.25) is 5.02 Å². The number of aryl methyl sites for hydroxylation is 2. The molecule has 2 aromatic rings. The molecule has 31 heavy (non-hydrogen) atoms. The number of imidazole rings is 1. The van der Waals surface area contributed by atoms with Crippen molar-refractivity contribution in [3.05, 3.63) is 39.7 Å². The summed E-state index contributed by atoms with van der Waals surface area (Å²) in [7, 11) is 0. The number of alkyl halides is 3. The molecule has 2 heterocycles. The van der Waals surface area contributed by atoms with Crippen LogP contribution in [-0.4, -0.2) is 28.7 Å². The molecule has 4 rings (SSSR count). The van der Waals surface area contributed by atoms with Gasteiger partial charge in [0.1, 0.15) is 0 Å². The van der Waals surface area contributed by atoms with Crippen LogP contribution in [0.1, 0.15) is 55.1 Å². The maximum absolute atomic E-state index is 14.1. The number of halogens is 4. The molecule has 0 amide bonds. The molecule has 1 N–H and O–H groups in total. The summed E-state index contributed by atoms with van der Waals surface area (Å²) in [4.78, 5) is 6.04. The van der Waals surface area contributed by atoms with Gasteiger partial charge in [0.05, 0.1) is 16.4 Å². The molecule has 0 spiro atoms. The van der Waals surface area contributed by atoms with Crippen LogP contribution in [0.5, 0.6) is 0 Å². The van der Waals surface area contributed by atoms with Gasteiger partial charge in [0.25, 0.3) is 0 Å². The number of benzene rings is 1. The number of nitrogens with zero attached hydrogens (tertiary/aromatic N) is 3. The van der Waals surface area contributed by atoms with Crippen LogP contribution < -0.4 is 10.2 Å². The van der Waals surface area contributed by atoms with Crippen molar-refractivity contribution in [2.75, 3.05) is 18.0 Å². The van der Waals surface area contributed by atoms with Crippen LogP contribution in [0, 0.1) is 19.8 Å². The molecular formula is C23H30ClF3N4.